The normalized spacial score (nSPS) is 11.7. The Morgan fingerprint density at radius 1 is 0.218 bits per heavy atom. The molecule has 5 aromatic heterocycles. The third kappa shape index (κ3) is 8.39. The second-order valence-electron chi connectivity index (χ2n) is 22.5. The average molecular weight is 1110 g/mol. The van der Waals surface area contributed by atoms with E-state index in [0.717, 1.165) is 61.3 Å². The van der Waals surface area contributed by atoms with Gasteiger partial charge in [0.05, 0.1) is 33.1 Å². The van der Waals surface area contributed by atoms with E-state index in [9.17, 15) is 0 Å². The summed E-state index contributed by atoms with van der Waals surface area (Å²) in [4.78, 5) is 0. The second-order valence-corrected chi connectivity index (χ2v) is 22.5. The molecule has 0 radical (unpaired) electrons. The molecule has 0 fully saturated rings. The van der Waals surface area contributed by atoms with Crippen molar-refractivity contribution < 1.29 is 4.42 Å². The van der Waals surface area contributed by atoms with Gasteiger partial charge in [-0.15, -0.1) is 0 Å². The molecule has 0 saturated carbocycles. The summed E-state index contributed by atoms with van der Waals surface area (Å²) in [6.07, 6.45) is 4.39. The van der Waals surface area contributed by atoms with Gasteiger partial charge in [0.15, 0.2) is 0 Å². The maximum Gasteiger partial charge on any atom is 0.143 e. The van der Waals surface area contributed by atoms with Crippen LogP contribution in [-0.4, -0.2) is 18.3 Å². The van der Waals surface area contributed by atoms with Gasteiger partial charge < -0.3 is 22.7 Å². The minimum atomic E-state index is 0.915. The summed E-state index contributed by atoms with van der Waals surface area (Å²) < 4.78 is 16.2. The molecule has 0 aliphatic heterocycles. The monoisotopic (exact) mass is 1110 g/mol. The van der Waals surface area contributed by atoms with Crippen molar-refractivity contribution in [2.24, 2.45) is 0 Å². The van der Waals surface area contributed by atoms with Crippen LogP contribution in [0.5, 0.6) is 0 Å². The molecule has 5 heterocycles. The number of fused-ring (bicyclic) bond motifs is 12. The second kappa shape index (κ2) is 20.6. The summed E-state index contributed by atoms with van der Waals surface area (Å²) in [6.45, 7) is 0. The lowest BCUT2D eigenvalue weighted by Crippen LogP contribution is -1.98. The maximum atomic E-state index is 6.73. The highest BCUT2D eigenvalue weighted by atomic mass is 16.3. The highest BCUT2D eigenvalue weighted by molar-refractivity contribution is 6.19. The van der Waals surface area contributed by atoms with Crippen molar-refractivity contribution in [3.05, 3.63) is 328 Å². The summed E-state index contributed by atoms with van der Waals surface area (Å²) >= 11 is 0. The summed E-state index contributed by atoms with van der Waals surface area (Å²) in [5.74, 6) is 0. The van der Waals surface area contributed by atoms with Gasteiger partial charge in [0.25, 0.3) is 0 Å². The van der Waals surface area contributed by atoms with Gasteiger partial charge in [-0.2, -0.15) is 0 Å². The van der Waals surface area contributed by atoms with Crippen LogP contribution in [0.4, 0.5) is 0 Å². The van der Waals surface area contributed by atoms with Crippen LogP contribution in [0, 0.1) is 0 Å². The molecule has 0 unspecified atom stereocenters. The van der Waals surface area contributed by atoms with E-state index in [2.05, 4.69) is 340 Å². The zero-order chi connectivity index (χ0) is 57.4. The molecule has 0 spiro atoms. The van der Waals surface area contributed by atoms with Crippen LogP contribution in [0.25, 0.3) is 155 Å². The van der Waals surface area contributed by atoms with Crippen molar-refractivity contribution in [1.82, 2.24) is 18.3 Å². The lowest BCUT2D eigenvalue weighted by molar-refractivity contribution is 0.671. The van der Waals surface area contributed by atoms with E-state index in [1.807, 2.05) is 6.07 Å². The molecular weight excluding hydrogens is 1060 g/mol. The molecule has 0 aliphatic rings. The fraction of sp³-hybridized carbons (Fsp3) is 0. The molecule has 0 atom stereocenters. The van der Waals surface area contributed by atoms with Crippen molar-refractivity contribution in [2.45, 2.75) is 0 Å². The van der Waals surface area contributed by atoms with Crippen LogP contribution in [0.3, 0.4) is 0 Å². The lowest BCUT2D eigenvalue weighted by atomic mass is 9.98. The van der Waals surface area contributed by atoms with Crippen LogP contribution in [-0.2, 0) is 0 Å². The highest BCUT2D eigenvalue weighted by Crippen LogP contribution is 2.43. The van der Waals surface area contributed by atoms with Crippen molar-refractivity contribution >= 4 is 87.4 Å². The van der Waals surface area contributed by atoms with Gasteiger partial charge in [-0.1, -0.05) is 224 Å². The van der Waals surface area contributed by atoms with Crippen LogP contribution < -0.4 is 0 Å². The summed E-state index contributed by atoms with van der Waals surface area (Å²) in [5.41, 5.74) is 23.0. The van der Waals surface area contributed by atoms with E-state index in [-0.39, 0.29) is 0 Å². The number of furan rings is 1. The van der Waals surface area contributed by atoms with E-state index < -0.39 is 0 Å². The predicted octanol–water partition coefficient (Wildman–Crippen LogP) is 22.0. The number of nitrogens with zero attached hydrogens (tertiary/aromatic N) is 4. The third-order valence-corrected chi connectivity index (χ3v) is 17.5. The van der Waals surface area contributed by atoms with Crippen molar-refractivity contribution in [2.75, 3.05) is 0 Å². The Morgan fingerprint density at radius 3 is 1.32 bits per heavy atom. The smallest absolute Gasteiger partial charge is 0.143 e. The molecule has 0 bridgehead atoms. The fourth-order valence-electron chi connectivity index (χ4n) is 13.4. The van der Waals surface area contributed by atoms with E-state index in [0.29, 0.717) is 0 Å². The largest absolute Gasteiger partial charge is 0.455 e. The van der Waals surface area contributed by atoms with Crippen LogP contribution in [0.1, 0.15) is 0 Å². The topological polar surface area (TPSA) is 32.9 Å². The van der Waals surface area contributed by atoms with E-state index in [4.69, 9.17) is 4.42 Å². The zero-order valence-electron chi connectivity index (χ0n) is 47.4. The quantitative estimate of drug-likeness (QED) is 0.149. The minimum Gasteiger partial charge on any atom is -0.455 e. The Bertz CT molecular complexity index is 5540. The van der Waals surface area contributed by atoms with Gasteiger partial charge in [-0.3, -0.25) is 0 Å². The fourth-order valence-corrected chi connectivity index (χ4v) is 13.4. The predicted molar refractivity (Wildman–Crippen MR) is 364 cm³/mol. The number of benzene rings is 13. The molecule has 0 amide bonds. The molecule has 0 aliphatic carbocycles. The Hall–Kier alpha value is -11.7. The Morgan fingerprint density at radius 2 is 0.701 bits per heavy atom. The van der Waals surface area contributed by atoms with Gasteiger partial charge in [0.2, 0.25) is 0 Å². The number of hydrogen-bond donors (Lipinski definition) is 0. The number of rotatable bonds is 8. The number of aromatic nitrogens is 4. The van der Waals surface area contributed by atoms with Gasteiger partial charge in [0.1, 0.15) is 11.2 Å². The molecule has 408 valence electrons. The Balaban J connectivity index is 0.000000137. The molecule has 18 rings (SSSR count). The van der Waals surface area contributed by atoms with Crippen molar-refractivity contribution in [1.29, 1.82) is 0 Å². The minimum absolute atomic E-state index is 0.915. The third-order valence-electron chi connectivity index (χ3n) is 17.5. The molecular formula is C82H54N4O. The van der Waals surface area contributed by atoms with Gasteiger partial charge >= 0.3 is 0 Å². The van der Waals surface area contributed by atoms with Gasteiger partial charge in [-0.25, -0.2) is 0 Å². The molecule has 13 aromatic carbocycles. The molecule has 18 aromatic rings. The highest BCUT2D eigenvalue weighted by Gasteiger charge is 2.21. The Labute approximate surface area is 502 Å². The van der Waals surface area contributed by atoms with Crippen LogP contribution in [0.2, 0.25) is 0 Å². The molecule has 5 heteroatoms. The van der Waals surface area contributed by atoms with Crippen molar-refractivity contribution in [3.8, 4) is 67.3 Å². The zero-order valence-corrected chi connectivity index (χ0v) is 47.4. The molecule has 87 heavy (non-hydrogen) atoms. The van der Waals surface area contributed by atoms with Crippen molar-refractivity contribution in [3.63, 3.8) is 0 Å². The SMILES string of the molecule is c1ccc(-c2cc(-c3ccccc3)cc(-n3ccc4cc5c(cc43)c3ccccc3n5-c3ccccc3)c2)cc1.c1ccc(-c2cccc3c2oc2c(-c4ccc(-n5c6ccccc6c6ccc7ccn(-c8ccccc8)c7c65)cc4)cccc23)cc1. The maximum absolute atomic E-state index is 6.73. The lowest BCUT2D eigenvalue weighted by Gasteiger charge is -2.13. The molecule has 5 nitrogen and oxygen atoms in total. The van der Waals surface area contributed by atoms with Crippen LogP contribution in [0.15, 0.2) is 332 Å². The first-order valence-electron chi connectivity index (χ1n) is 29.7. The first-order valence-corrected chi connectivity index (χ1v) is 29.7. The Kier molecular flexibility index (Phi) is 11.8. The van der Waals surface area contributed by atoms with E-state index >= 15 is 0 Å². The first-order chi connectivity index (χ1) is 43.2. The number of para-hydroxylation sites is 6. The molecule has 0 saturated heterocycles. The number of hydrogen-bond acceptors (Lipinski definition) is 1. The van der Waals surface area contributed by atoms with E-state index in [1.54, 1.807) is 0 Å². The standard InChI is InChI=1S/C44H28N2O.C38H26N2/c1-3-11-29(12-4-1)34-16-9-18-38-39-19-10-17-35(44(39)47-43(34)38)30-21-24-33(25-22-30)46-40-20-8-7-15-36(40)37-26-23-31-27-28-45(41(31)42(37)46)32-13-5-2-6-14-32;1-4-12-27(13-5-1)30-22-31(28-14-6-2-7-15-28)24-33(23-30)39-21-20-29-25-38-35(26-37(29)39)34-18-10-11-19-36(34)40(38)32-16-8-3-9-17-32/h1-28H;1-26H. The van der Waals surface area contributed by atoms with Gasteiger partial charge in [0, 0.05) is 89.4 Å². The summed E-state index contributed by atoms with van der Waals surface area (Å²) in [6, 6.07) is 113. The summed E-state index contributed by atoms with van der Waals surface area (Å²) in [5, 5.41) is 9.71. The van der Waals surface area contributed by atoms with Gasteiger partial charge in [-0.05, 0) is 124 Å². The van der Waals surface area contributed by atoms with Crippen LogP contribution >= 0.6 is 0 Å². The molecule has 0 N–H and O–H groups in total. The summed E-state index contributed by atoms with van der Waals surface area (Å²) in [7, 11) is 0. The average Bonchev–Trinajstić information content (AvgIpc) is 1.87. The van der Waals surface area contributed by atoms with E-state index in [1.165, 1.54) is 93.4 Å². The first kappa shape index (κ1) is 49.9.